The van der Waals surface area contributed by atoms with Crippen LogP contribution in [0.1, 0.15) is 18.1 Å². The molecule has 1 atom stereocenters. The van der Waals surface area contributed by atoms with Gasteiger partial charge in [-0.1, -0.05) is 36.2 Å². The molecule has 0 aromatic heterocycles. The van der Waals surface area contributed by atoms with Gasteiger partial charge in [0.15, 0.2) is 0 Å². The molecule has 0 heterocycles. The number of rotatable bonds is 2. The summed E-state index contributed by atoms with van der Waals surface area (Å²) in [7, 11) is 0. The van der Waals surface area contributed by atoms with E-state index in [1.54, 1.807) is 0 Å². The highest BCUT2D eigenvalue weighted by Gasteiger charge is 2.16. The van der Waals surface area contributed by atoms with E-state index < -0.39 is 0 Å². The van der Waals surface area contributed by atoms with Crippen LogP contribution in [-0.2, 0) is 6.42 Å². The number of benzene rings is 1. The molecule has 1 aromatic carbocycles. The van der Waals surface area contributed by atoms with E-state index in [1.807, 2.05) is 12.1 Å². The second-order valence-corrected chi connectivity index (χ2v) is 4.31. The molecule has 0 aliphatic heterocycles. The van der Waals surface area contributed by atoms with Crippen molar-refractivity contribution in [2.45, 2.75) is 13.3 Å². The standard InChI is InChI=1S/C12H14ClN/c1-8(7-14)10-4-9-2-3-12(13)6-11(9)5-10/h2-4,6,8H,5,7,14H2,1H3. The monoisotopic (exact) mass is 207 g/mol. The lowest BCUT2D eigenvalue weighted by Gasteiger charge is -2.08. The molecule has 74 valence electrons. The maximum absolute atomic E-state index is 5.94. The summed E-state index contributed by atoms with van der Waals surface area (Å²) in [6, 6.07) is 6.06. The zero-order chi connectivity index (χ0) is 10.1. The molecule has 1 aromatic rings. The molecule has 1 aliphatic rings. The maximum atomic E-state index is 5.94. The molecule has 0 saturated heterocycles. The molecule has 0 radical (unpaired) electrons. The molecule has 2 N–H and O–H groups in total. The van der Waals surface area contributed by atoms with Gasteiger partial charge in [0.2, 0.25) is 0 Å². The van der Waals surface area contributed by atoms with Gasteiger partial charge in [-0.3, -0.25) is 0 Å². The maximum Gasteiger partial charge on any atom is 0.0409 e. The predicted molar refractivity (Wildman–Crippen MR) is 61.4 cm³/mol. The highest BCUT2D eigenvalue weighted by molar-refractivity contribution is 6.30. The lowest BCUT2D eigenvalue weighted by molar-refractivity contribution is 0.684. The van der Waals surface area contributed by atoms with Gasteiger partial charge >= 0.3 is 0 Å². The average Bonchev–Trinajstić information content (AvgIpc) is 2.59. The topological polar surface area (TPSA) is 26.0 Å². The number of hydrogen-bond donors (Lipinski definition) is 1. The van der Waals surface area contributed by atoms with Crippen LogP contribution in [0.5, 0.6) is 0 Å². The minimum atomic E-state index is 0.473. The second-order valence-electron chi connectivity index (χ2n) is 3.88. The Kier molecular flexibility index (Phi) is 2.62. The Morgan fingerprint density at radius 2 is 2.29 bits per heavy atom. The van der Waals surface area contributed by atoms with Crippen molar-refractivity contribution in [2.24, 2.45) is 11.7 Å². The minimum absolute atomic E-state index is 0.473. The Bertz CT molecular complexity index is 382. The van der Waals surface area contributed by atoms with Gasteiger partial charge in [0, 0.05) is 5.02 Å². The third-order valence-corrected chi connectivity index (χ3v) is 3.06. The molecule has 0 spiro atoms. The molecule has 1 aliphatic carbocycles. The number of halogens is 1. The van der Waals surface area contributed by atoms with Crippen molar-refractivity contribution in [2.75, 3.05) is 6.54 Å². The summed E-state index contributed by atoms with van der Waals surface area (Å²) in [5.74, 6) is 0.473. The van der Waals surface area contributed by atoms with Crippen molar-refractivity contribution < 1.29 is 0 Å². The van der Waals surface area contributed by atoms with E-state index in [-0.39, 0.29) is 0 Å². The summed E-state index contributed by atoms with van der Waals surface area (Å²) in [6.07, 6.45) is 3.25. The van der Waals surface area contributed by atoms with Crippen LogP contribution in [-0.4, -0.2) is 6.54 Å². The molecule has 2 rings (SSSR count). The van der Waals surface area contributed by atoms with Crippen molar-refractivity contribution in [3.63, 3.8) is 0 Å². The molecule has 2 heteroatoms. The van der Waals surface area contributed by atoms with Crippen LogP contribution in [0.2, 0.25) is 5.02 Å². The third-order valence-electron chi connectivity index (χ3n) is 2.83. The molecule has 0 bridgehead atoms. The van der Waals surface area contributed by atoms with Crippen LogP contribution in [0.3, 0.4) is 0 Å². The lowest BCUT2D eigenvalue weighted by Crippen LogP contribution is -2.12. The van der Waals surface area contributed by atoms with Crippen molar-refractivity contribution in [1.29, 1.82) is 0 Å². The van der Waals surface area contributed by atoms with Crippen molar-refractivity contribution in [1.82, 2.24) is 0 Å². The van der Waals surface area contributed by atoms with Crippen molar-refractivity contribution >= 4 is 17.7 Å². The van der Waals surface area contributed by atoms with Gasteiger partial charge in [-0.2, -0.15) is 0 Å². The highest BCUT2D eigenvalue weighted by Crippen LogP contribution is 2.30. The molecule has 1 unspecified atom stereocenters. The van der Waals surface area contributed by atoms with Crippen molar-refractivity contribution in [3.8, 4) is 0 Å². The largest absolute Gasteiger partial charge is 0.330 e. The lowest BCUT2D eigenvalue weighted by atomic mass is 10.00. The Hall–Kier alpha value is -0.790. The number of hydrogen-bond acceptors (Lipinski definition) is 1. The molecular weight excluding hydrogens is 194 g/mol. The van der Waals surface area contributed by atoms with E-state index in [4.69, 9.17) is 17.3 Å². The van der Waals surface area contributed by atoms with Gasteiger partial charge in [0.05, 0.1) is 0 Å². The van der Waals surface area contributed by atoms with Gasteiger partial charge in [0.1, 0.15) is 0 Å². The molecule has 0 fully saturated rings. The molecule has 0 amide bonds. The minimum Gasteiger partial charge on any atom is -0.330 e. The summed E-state index contributed by atoms with van der Waals surface area (Å²) in [5.41, 5.74) is 9.69. The van der Waals surface area contributed by atoms with Crippen LogP contribution in [0.25, 0.3) is 6.08 Å². The zero-order valence-electron chi connectivity index (χ0n) is 8.26. The van der Waals surface area contributed by atoms with Gasteiger partial charge < -0.3 is 5.73 Å². The van der Waals surface area contributed by atoms with Crippen LogP contribution in [0, 0.1) is 5.92 Å². The van der Waals surface area contributed by atoms with E-state index >= 15 is 0 Å². The van der Waals surface area contributed by atoms with Crippen LogP contribution in [0.4, 0.5) is 0 Å². The zero-order valence-corrected chi connectivity index (χ0v) is 9.01. The first-order chi connectivity index (χ1) is 6.70. The Balaban J connectivity index is 2.28. The second kappa shape index (κ2) is 3.76. The quantitative estimate of drug-likeness (QED) is 0.793. The average molecular weight is 208 g/mol. The highest BCUT2D eigenvalue weighted by atomic mass is 35.5. The fourth-order valence-corrected chi connectivity index (χ4v) is 2.00. The Morgan fingerprint density at radius 1 is 1.50 bits per heavy atom. The SMILES string of the molecule is CC(CN)C1=Cc2ccc(Cl)cc2C1. The summed E-state index contributed by atoms with van der Waals surface area (Å²) < 4.78 is 0. The first-order valence-electron chi connectivity index (χ1n) is 4.89. The smallest absolute Gasteiger partial charge is 0.0409 e. The summed E-state index contributed by atoms with van der Waals surface area (Å²) >= 11 is 5.94. The van der Waals surface area contributed by atoms with Crippen molar-refractivity contribution in [3.05, 3.63) is 39.9 Å². The summed E-state index contributed by atoms with van der Waals surface area (Å²) in [4.78, 5) is 0. The van der Waals surface area contributed by atoms with E-state index in [2.05, 4.69) is 19.1 Å². The Morgan fingerprint density at radius 3 is 3.00 bits per heavy atom. The number of nitrogens with two attached hydrogens (primary N) is 1. The number of fused-ring (bicyclic) bond motifs is 1. The van der Waals surface area contributed by atoms with Gasteiger partial charge in [-0.25, -0.2) is 0 Å². The normalized spacial score (nSPS) is 16.4. The van der Waals surface area contributed by atoms with Crippen LogP contribution in [0.15, 0.2) is 23.8 Å². The molecule has 14 heavy (non-hydrogen) atoms. The Labute approximate surface area is 89.6 Å². The van der Waals surface area contributed by atoms with E-state index in [9.17, 15) is 0 Å². The molecular formula is C12H14ClN. The van der Waals surface area contributed by atoms with Crippen LogP contribution < -0.4 is 5.73 Å². The van der Waals surface area contributed by atoms with E-state index in [0.717, 1.165) is 11.4 Å². The fourth-order valence-electron chi connectivity index (χ4n) is 1.81. The van der Waals surface area contributed by atoms with E-state index in [1.165, 1.54) is 16.7 Å². The first-order valence-corrected chi connectivity index (χ1v) is 5.27. The van der Waals surface area contributed by atoms with Crippen LogP contribution >= 0.6 is 11.6 Å². The van der Waals surface area contributed by atoms with Gasteiger partial charge in [-0.15, -0.1) is 0 Å². The fraction of sp³-hybridized carbons (Fsp3) is 0.333. The summed E-state index contributed by atoms with van der Waals surface area (Å²) in [5, 5.41) is 0.818. The summed E-state index contributed by atoms with van der Waals surface area (Å²) in [6.45, 7) is 2.88. The predicted octanol–water partition coefficient (Wildman–Crippen LogP) is 2.87. The third kappa shape index (κ3) is 1.70. The van der Waals surface area contributed by atoms with E-state index in [0.29, 0.717) is 12.5 Å². The molecule has 1 nitrogen and oxygen atoms in total. The van der Waals surface area contributed by atoms with Gasteiger partial charge in [-0.05, 0) is 42.1 Å². The van der Waals surface area contributed by atoms with Gasteiger partial charge in [0.25, 0.3) is 0 Å². The molecule has 0 saturated carbocycles. The first kappa shape index (κ1) is 9.75.